The summed E-state index contributed by atoms with van der Waals surface area (Å²) in [4.78, 5) is 13.3. The summed E-state index contributed by atoms with van der Waals surface area (Å²) in [7, 11) is -4.09. The van der Waals surface area contributed by atoms with Crippen molar-refractivity contribution in [1.29, 1.82) is 0 Å². The lowest BCUT2D eigenvalue weighted by Gasteiger charge is -2.06. The van der Waals surface area contributed by atoms with Crippen LogP contribution in [-0.4, -0.2) is 18.5 Å². The highest BCUT2D eigenvalue weighted by molar-refractivity contribution is 7.91. The van der Waals surface area contributed by atoms with Crippen molar-refractivity contribution in [3.8, 4) is 5.75 Å². The minimum Gasteiger partial charge on any atom is -0.506 e. The van der Waals surface area contributed by atoms with Crippen LogP contribution >= 0.6 is 11.6 Å². The van der Waals surface area contributed by atoms with Crippen molar-refractivity contribution in [2.45, 2.75) is 16.7 Å². The molecule has 0 atom stereocenters. The maximum absolute atomic E-state index is 12.3. The molecule has 0 amide bonds. The summed E-state index contributed by atoms with van der Waals surface area (Å²) >= 11 is 5.68. The van der Waals surface area contributed by atoms with Crippen molar-refractivity contribution in [3.05, 3.63) is 51.4 Å². The standard InChI is InChI=1S/C12H10ClNO4S/c1-7-6-10(15)11(12(16)14-7)19(17,18)9-4-2-8(13)3-5-9/h2-6H,1H3,(H2,14,15,16). The summed E-state index contributed by atoms with van der Waals surface area (Å²) < 4.78 is 24.5. The predicted octanol–water partition coefficient (Wildman–Crippen LogP) is 1.88. The SMILES string of the molecule is Cc1cc(O)c(S(=O)(=O)c2ccc(Cl)cc2)c(=O)[nH]1. The average Bonchev–Trinajstić information content (AvgIpc) is 2.27. The molecular formula is C12H10ClNO4S. The Morgan fingerprint density at radius 2 is 1.79 bits per heavy atom. The number of rotatable bonds is 2. The third kappa shape index (κ3) is 2.50. The number of sulfone groups is 1. The second-order valence-corrected chi connectivity index (χ2v) is 6.28. The van der Waals surface area contributed by atoms with E-state index < -0.39 is 26.0 Å². The van der Waals surface area contributed by atoms with Gasteiger partial charge in [-0.2, -0.15) is 0 Å². The van der Waals surface area contributed by atoms with Gasteiger partial charge in [0.15, 0.2) is 4.90 Å². The molecule has 7 heteroatoms. The van der Waals surface area contributed by atoms with Crippen LogP contribution in [0.3, 0.4) is 0 Å². The molecule has 0 aliphatic carbocycles. The van der Waals surface area contributed by atoms with Crippen molar-refractivity contribution in [2.75, 3.05) is 0 Å². The number of hydrogen-bond donors (Lipinski definition) is 2. The summed E-state index contributed by atoms with van der Waals surface area (Å²) in [6, 6.07) is 6.53. The van der Waals surface area contributed by atoms with Gasteiger partial charge >= 0.3 is 0 Å². The average molecular weight is 300 g/mol. The first-order valence-corrected chi connectivity index (χ1v) is 7.12. The van der Waals surface area contributed by atoms with Gasteiger partial charge in [-0.15, -0.1) is 0 Å². The molecule has 0 bridgehead atoms. The van der Waals surface area contributed by atoms with Crippen molar-refractivity contribution in [3.63, 3.8) is 0 Å². The van der Waals surface area contributed by atoms with E-state index in [1.807, 2.05) is 0 Å². The van der Waals surface area contributed by atoms with Gasteiger partial charge in [-0.1, -0.05) is 11.6 Å². The number of nitrogens with one attached hydrogen (secondary N) is 1. The first-order valence-electron chi connectivity index (χ1n) is 5.26. The highest BCUT2D eigenvalue weighted by Crippen LogP contribution is 2.26. The maximum Gasteiger partial charge on any atom is 0.271 e. The first-order chi connectivity index (χ1) is 8.82. The van der Waals surface area contributed by atoms with E-state index in [2.05, 4.69) is 4.98 Å². The van der Waals surface area contributed by atoms with Gasteiger partial charge in [-0.3, -0.25) is 4.79 Å². The Morgan fingerprint density at radius 3 is 2.32 bits per heavy atom. The van der Waals surface area contributed by atoms with Crippen LogP contribution in [0.2, 0.25) is 5.02 Å². The number of aromatic hydroxyl groups is 1. The predicted molar refractivity (Wildman–Crippen MR) is 70.4 cm³/mol. The molecule has 0 unspecified atom stereocenters. The van der Waals surface area contributed by atoms with E-state index in [9.17, 15) is 18.3 Å². The zero-order chi connectivity index (χ0) is 14.2. The molecule has 1 aromatic carbocycles. The summed E-state index contributed by atoms with van der Waals surface area (Å²) in [5, 5.41) is 10.1. The summed E-state index contributed by atoms with van der Waals surface area (Å²) in [5.74, 6) is -0.573. The molecule has 0 saturated heterocycles. The smallest absolute Gasteiger partial charge is 0.271 e. The number of pyridine rings is 1. The van der Waals surface area contributed by atoms with E-state index in [0.717, 1.165) is 0 Å². The molecule has 2 aromatic rings. The van der Waals surface area contributed by atoms with Crippen LogP contribution < -0.4 is 5.56 Å². The van der Waals surface area contributed by atoms with Crippen LogP contribution in [0.1, 0.15) is 5.69 Å². The molecular weight excluding hydrogens is 290 g/mol. The Hall–Kier alpha value is -1.79. The van der Waals surface area contributed by atoms with E-state index in [0.29, 0.717) is 10.7 Å². The fraction of sp³-hybridized carbons (Fsp3) is 0.0833. The van der Waals surface area contributed by atoms with Crippen LogP contribution in [-0.2, 0) is 9.84 Å². The van der Waals surface area contributed by atoms with E-state index >= 15 is 0 Å². The van der Waals surface area contributed by atoms with Crippen molar-refractivity contribution in [1.82, 2.24) is 4.98 Å². The zero-order valence-corrected chi connectivity index (χ0v) is 11.4. The van der Waals surface area contributed by atoms with Crippen LogP contribution in [0.15, 0.2) is 44.9 Å². The van der Waals surface area contributed by atoms with Gasteiger partial charge in [0.25, 0.3) is 5.56 Å². The van der Waals surface area contributed by atoms with Gasteiger partial charge in [-0.25, -0.2) is 8.42 Å². The number of aromatic nitrogens is 1. The zero-order valence-electron chi connectivity index (χ0n) is 9.84. The Balaban J connectivity index is 2.70. The molecule has 0 aliphatic heterocycles. The lowest BCUT2D eigenvalue weighted by atomic mass is 10.3. The topological polar surface area (TPSA) is 87.2 Å². The largest absolute Gasteiger partial charge is 0.506 e. The molecule has 2 rings (SSSR count). The van der Waals surface area contributed by atoms with Crippen LogP contribution in [0.5, 0.6) is 5.75 Å². The first kappa shape index (κ1) is 13.6. The molecule has 0 saturated carbocycles. The number of aromatic amines is 1. The van der Waals surface area contributed by atoms with E-state index in [1.54, 1.807) is 6.92 Å². The number of hydrogen-bond acceptors (Lipinski definition) is 4. The van der Waals surface area contributed by atoms with Crippen molar-refractivity contribution >= 4 is 21.4 Å². The van der Waals surface area contributed by atoms with Crippen LogP contribution in [0, 0.1) is 6.92 Å². The fourth-order valence-electron chi connectivity index (χ4n) is 1.65. The minimum absolute atomic E-state index is 0.110. The van der Waals surface area contributed by atoms with Crippen molar-refractivity contribution in [2.24, 2.45) is 0 Å². The molecule has 0 spiro atoms. The number of benzene rings is 1. The molecule has 5 nitrogen and oxygen atoms in total. The second kappa shape index (κ2) is 4.71. The van der Waals surface area contributed by atoms with Crippen molar-refractivity contribution < 1.29 is 13.5 Å². The van der Waals surface area contributed by atoms with Gasteiger partial charge in [0.1, 0.15) is 5.75 Å². The molecule has 1 heterocycles. The van der Waals surface area contributed by atoms with Crippen LogP contribution in [0.4, 0.5) is 0 Å². The molecule has 2 N–H and O–H groups in total. The van der Waals surface area contributed by atoms with E-state index in [4.69, 9.17) is 11.6 Å². The Labute approximate surface area is 114 Å². The molecule has 0 aliphatic rings. The summed E-state index contributed by atoms with van der Waals surface area (Å²) in [6.07, 6.45) is 0. The second-order valence-electron chi connectivity index (χ2n) is 3.95. The minimum atomic E-state index is -4.09. The highest BCUT2D eigenvalue weighted by atomic mass is 35.5. The Morgan fingerprint density at radius 1 is 1.21 bits per heavy atom. The van der Waals surface area contributed by atoms with Gasteiger partial charge in [0.2, 0.25) is 9.84 Å². The third-order valence-electron chi connectivity index (χ3n) is 2.50. The number of H-pyrrole nitrogens is 1. The van der Waals surface area contributed by atoms with Gasteiger partial charge in [0.05, 0.1) is 4.90 Å². The Kier molecular flexibility index (Phi) is 3.38. The summed E-state index contributed by atoms with van der Waals surface area (Å²) in [5.41, 5.74) is -0.481. The van der Waals surface area contributed by atoms with Gasteiger partial charge < -0.3 is 10.1 Å². The maximum atomic E-state index is 12.3. The Bertz CT molecular complexity index is 778. The molecule has 19 heavy (non-hydrogen) atoms. The summed E-state index contributed by atoms with van der Waals surface area (Å²) in [6.45, 7) is 1.54. The molecule has 0 radical (unpaired) electrons. The van der Waals surface area contributed by atoms with E-state index in [1.165, 1.54) is 30.3 Å². The van der Waals surface area contributed by atoms with Crippen LogP contribution in [0.25, 0.3) is 0 Å². The normalized spacial score (nSPS) is 11.5. The number of halogens is 1. The molecule has 0 fully saturated rings. The highest BCUT2D eigenvalue weighted by Gasteiger charge is 2.25. The molecule has 1 aromatic heterocycles. The third-order valence-corrected chi connectivity index (χ3v) is 4.57. The molecule has 100 valence electrons. The quantitative estimate of drug-likeness (QED) is 0.886. The van der Waals surface area contributed by atoms with Gasteiger partial charge in [0, 0.05) is 16.8 Å². The lowest BCUT2D eigenvalue weighted by Crippen LogP contribution is -2.18. The van der Waals surface area contributed by atoms with Gasteiger partial charge in [-0.05, 0) is 31.2 Å². The lowest BCUT2D eigenvalue weighted by molar-refractivity contribution is 0.455. The monoisotopic (exact) mass is 299 g/mol. The fourth-order valence-corrected chi connectivity index (χ4v) is 3.14. The number of aryl methyl sites for hydroxylation is 1. The van der Waals surface area contributed by atoms with E-state index in [-0.39, 0.29) is 4.90 Å².